The third-order valence-electron chi connectivity index (χ3n) is 4.98. The summed E-state index contributed by atoms with van der Waals surface area (Å²) in [7, 11) is 0. The number of rotatable bonds is 4. The molecule has 1 aromatic rings. The van der Waals surface area contributed by atoms with Gasteiger partial charge < -0.3 is 5.32 Å². The average molecular weight is 312 g/mol. The molecule has 1 N–H and O–H groups in total. The predicted molar refractivity (Wildman–Crippen MR) is 87.6 cm³/mol. The molecule has 3 rings (SSSR count). The van der Waals surface area contributed by atoms with Gasteiger partial charge in [-0.2, -0.15) is 5.26 Å². The average Bonchev–Trinajstić information content (AvgIpc) is 3.04. The Labute approximate surface area is 137 Å². The zero-order valence-corrected chi connectivity index (χ0v) is 13.5. The zero-order chi connectivity index (χ0) is 16.1. The summed E-state index contributed by atoms with van der Waals surface area (Å²) in [5, 5.41) is 11.9. The Morgan fingerprint density at radius 1 is 1.30 bits per heavy atom. The summed E-state index contributed by atoms with van der Waals surface area (Å²) >= 11 is 0. The normalized spacial score (nSPS) is 22.7. The highest BCUT2D eigenvalue weighted by atomic mass is 16.1. The summed E-state index contributed by atoms with van der Waals surface area (Å²) in [6.07, 6.45) is 9.71. The second-order valence-corrected chi connectivity index (χ2v) is 6.68. The van der Waals surface area contributed by atoms with Crippen LogP contribution in [-0.2, 0) is 11.2 Å². The summed E-state index contributed by atoms with van der Waals surface area (Å²) in [5.74, 6) is 0.0481. The second-order valence-electron chi connectivity index (χ2n) is 6.68. The highest BCUT2D eigenvalue weighted by Crippen LogP contribution is 2.25. The van der Waals surface area contributed by atoms with E-state index < -0.39 is 0 Å². The van der Waals surface area contributed by atoms with Crippen molar-refractivity contribution < 1.29 is 4.79 Å². The van der Waals surface area contributed by atoms with Crippen molar-refractivity contribution >= 4 is 5.91 Å². The number of nitrogens with one attached hydrogen (secondary N) is 1. The van der Waals surface area contributed by atoms with Crippen LogP contribution in [0.4, 0.5) is 0 Å². The molecule has 122 valence electrons. The first kappa shape index (κ1) is 15.9. The van der Waals surface area contributed by atoms with E-state index in [0.717, 1.165) is 31.1 Å². The van der Waals surface area contributed by atoms with Gasteiger partial charge in [-0.3, -0.25) is 9.69 Å². The van der Waals surface area contributed by atoms with Gasteiger partial charge >= 0.3 is 0 Å². The van der Waals surface area contributed by atoms with Crippen LogP contribution < -0.4 is 5.32 Å². The molecule has 2 aliphatic rings. The molecular weight excluding hydrogens is 288 g/mol. The maximum atomic E-state index is 12.2. The molecule has 1 saturated carbocycles. The van der Waals surface area contributed by atoms with Gasteiger partial charge in [0, 0.05) is 31.4 Å². The van der Waals surface area contributed by atoms with E-state index in [1.807, 2.05) is 6.07 Å². The van der Waals surface area contributed by atoms with E-state index in [-0.39, 0.29) is 11.9 Å². The van der Waals surface area contributed by atoms with Crippen LogP contribution in [0, 0.1) is 11.3 Å². The molecule has 2 fully saturated rings. The van der Waals surface area contributed by atoms with Crippen LogP contribution in [0.1, 0.15) is 49.8 Å². The number of hydrogen-bond donors (Lipinski definition) is 1. The van der Waals surface area contributed by atoms with E-state index in [1.165, 1.54) is 32.1 Å². The minimum Gasteiger partial charge on any atom is -0.352 e. The van der Waals surface area contributed by atoms with Gasteiger partial charge in [-0.15, -0.1) is 0 Å². The van der Waals surface area contributed by atoms with E-state index in [9.17, 15) is 4.79 Å². The van der Waals surface area contributed by atoms with Gasteiger partial charge in [-0.1, -0.05) is 25.3 Å². The van der Waals surface area contributed by atoms with Gasteiger partial charge in [-0.25, -0.2) is 4.98 Å². The largest absolute Gasteiger partial charge is 0.352 e. The molecule has 1 aliphatic carbocycles. The number of nitrogens with zero attached hydrogens (tertiary/aromatic N) is 3. The van der Waals surface area contributed by atoms with Crippen molar-refractivity contribution in [2.24, 2.45) is 0 Å². The van der Waals surface area contributed by atoms with Crippen LogP contribution in [0.25, 0.3) is 0 Å². The Bertz CT molecular complexity index is 572. The number of carbonyl (C=O) groups excluding carboxylic acids is 1. The summed E-state index contributed by atoms with van der Waals surface area (Å²) < 4.78 is 0. The van der Waals surface area contributed by atoms with Crippen molar-refractivity contribution in [2.45, 2.75) is 57.0 Å². The van der Waals surface area contributed by atoms with Crippen molar-refractivity contribution in [3.8, 4) is 6.07 Å². The highest BCUT2D eigenvalue weighted by Gasteiger charge is 2.29. The molecule has 5 heteroatoms. The molecule has 23 heavy (non-hydrogen) atoms. The first-order chi connectivity index (χ1) is 11.2. The Kier molecular flexibility index (Phi) is 5.24. The molecule has 0 aromatic carbocycles. The van der Waals surface area contributed by atoms with Gasteiger partial charge in [0.05, 0.1) is 6.42 Å². The standard InChI is InChI=1S/C18H24N4O/c19-11-15-7-6-14(12-20-15)10-18(23)21-16-8-9-22(13-16)17-4-2-1-3-5-17/h6-7,12,16-17H,1-5,8-10,13H2,(H,21,23). The van der Waals surface area contributed by atoms with Crippen LogP contribution in [0.5, 0.6) is 0 Å². The summed E-state index contributed by atoms with van der Waals surface area (Å²) in [6, 6.07) is 6.44. The lowest BCUT2D eigenvalue weighted by atomic mass is 9.94. The molecule has 1 aliphatic heterocycles. The Balaban J connectivity index is 1.45. The third kappa shape index (κ3) is 4.29. The van der Waals surface area contributed by atoms with E-state index in [0.29, 0.717) is 12.1 Å². The lowest BCUT2D eigenvalue weighted by Gasteiger charge is -2.31. The SMILES string of the molecule is N#Cc1ccc(CC(=O)NC2CCN(C3CCCCC3)C2)cn1. The van der Waals surface area contributed by atoms with Crippen LogP contribution >= 0.6 is 0 Å². The fourth-order valence-corrected chi connectivity index (χ4v) is 3.74. The Hall–Kier alpha value is -1.93. The topological polar surface area (TPSA) is 69.0 Å². The molecule has 1 unspecified atom stereocenters. The lowest BCUT2D eigenvalue weighted by Crippen LogP contribution is -2.41. The van der Waals surface area contributed by atoms with Gasteiger partial charge in [0.15, 0.2) is 0 Å². The number of likely N-dealkylation sites (tertiary alicyclic amines) is 1. The molecule has 2 heterocycles. The number of nitriles is 1. The van der Waals surface area contributed by atoms with Gasteiger partial charge in [0.2, 0.25) is 5.91 Å². The van der Waals surface area contributed by atoms with Crippen LogP contribution in [0.2, 0.25) is 0 Å². The number of amides is 1. The summed E-state index contributed by atoms with van der Waals surface area (Å²) in [6.45, 7) is 2.09. The predicted octanol–water partition coefficient (Wildman–Crippen LogP) is 2.02. The minimum atomic E-state index is 0.0481. The molecule has 0 spiro atoms. The van der Waals surface area contributed by atoms with Crippen molar-refractivity contribution in [2.75, 3.05) is 13.1 Å². The van der Waals surface area contributed by atoms with Crippen molar-refractivity contribution in [1.29, 1.82) is 5.26 Å². The maximum absolute atomic E-state index is 12.2. The van der Waals surface area contributed by atoms with Gasteiger partial charge in [0.25, 0.3) is 0 Å². The molecule has 1 saturated heterocycles. The molecule has 0 bridgehead atoms. The van der Waals surface area contributed by atoms with E-state index >= 15 is 0 Å². The first-order valence-electron chi connectivity index (χ1n) is 8.63. The Morgan fingerprint density at radius 2 is 2.13 bits per heavy atom. The monoisotopic (exact) mass is 312 g/mol. The summed E-state index contributed by atoms with van der Waals surface area (Å²) in [4.78, 5) is 18.8. The van der Waals surface area contributed by atoms with Crippen molar-refractivity contribution in [1.82, 2.24) is 15.2 Å². The first-order valence-corrected chi connectivity index (χ1v) is 8.63. The fraction of sp³-hybridized carbons (Fsp3) is 0.611. The minimum absolute atomic E-state index is 0.0481. The molecule has 1 atom stereocenters. The second kappa shape index (κ2) is 7.56. The van der Waals surface area contributed by atoms with Gasteiger partial charge in [-0.05, 0) is 30.9 Å². The van der Waals surface area contributed by atoms with Crippen LogP contribution in [0.3, 0.4) is 0 Å². The van der Waals surface area contributed by atoms with Crippen LogP contribution in [-0.4, -0.2) is 41.0 Å². The van der Waals surface area contributed by atoms with Crippen LogP contribution in [0.15, 0.2) is 18.3 Å². The zero-order valence-electron chi connectivity index (χ0n) is 13.5. The fourth-order valence-electron chi connectivity index (χ4n) is 3.74. The van der Waals surface area contributed by atoms with Gasteiger partial charge in [0.1, 0.15) is 11.8 Å². The van der Waals surface area contributed by atoms with E-state index in [4.69, 9.17) is 5.26 Å². The smallest absolute Gasteiger partial charge is 0.224 e. The number of pyridine rings is 1. The third-order valence-corrected chi connectivity index (χ3v) is 4.98. The van der Waals surface area contributed by atoms with Crippen molar-refractivity contribution in [3.63, 3.8) is 0 Å². The summed E-state index contributed by atoms with van der Waals surface area (Å²) in [5.41, 5.74) is 1.23. The van der Waals surface area contributed by atoms with E-state index in [1.54, 1.807) is 18.3 Å². The molecule has 1 amide bonds. The number of carbonyl (C=O) groups is 1. The molecule has 0 radical (unpaired) electrons. The van der Waals surface area contributed by atoms with Crippen molar-refractivity contribution in [3.05, 3.63) is 29.6 Å². The maximum Gasteiger partial charge on any atom is 0.224 e. The number of aromatic nitrogens is 1. The lowest BCUT2D eigenvalue weighted by molar-refractivity contribution is -0.121. The molecular formula is C18H24N4O. The quantitative estimate of drug-likeness (QED) is 0.923. The highest BCUT2D eigenvalue weighted by molar-refractivity contribution is 5.78. The Morgan fingerprint density at radius 3 is 2.83 bits per heavy atom. The molecule has 5 nitrogen and oxygen atoms in total. The number of hydrogen-bond acceptors (Lipinski definition) is 4. The molecule has 1 aromatic heterocycles. The van der Waals surface area contributed by atoms with E-state index in [2.05, 4.69) is 15.2 Å².